The van der Waals surface area contributed by atoms with Crippen molar-refractivity contribution in [1.29, 1.82) is 0 Å². The van der Waals surface area contributed by atoms with Gasteiger partial charge in [-0.05, 0) is 12.3 Å². The second-order valence-corrected chi connectivity index (χ2v) is 5.46. The van der Waals surface area contributed by atoms with Crippen molar-refractivity contribution < 1.29 is 15.0 Å². The van der Waals surface area contributed by atoms with Gasteiger partial charge in [0.25, 0.3) is 0 Å². The van der Waals surface area contributed by atoms with E-state index in [0.717, 1.165) is 19.3 Å². The number of hydrogen-bond acceptors (Lipinski definition) is 2. The van der Waals surface area contributed by atoms with E-state index in [1.807, 2.05) is 6.92 Å². The van der Waals surface area contributed by atoms with Gasteiger partial charge in [0.05, 0.1) is 12.0 Å². The summed E-state index contributed by atoms with van der Waals surface area (Å²) in [5.41, 5.74) is 0. The molecule has 0 saturated heterocycles. The standard InChI is InChI=1S/C15H30O3/c1-4-5-6-7-8-9-10-11-14(16)12(2)13(3)15(17)18/h12-14,16H,4-11H2,1-3H3,(H,17,18). The quantitative estimate of drug-likeness (QED) is 0.553. The van der Waals surface area contributed by atoms with E-state index in [0.29, 0.717) is 0 Å². The molecule has 0 aliphatic rings. The zero-order chi connectivity index (χ0) is 14.0. The summed E-state index contributed by atoms with van der Waals surface area (Å²) in [7, 11) is 0. The van der Waals surface area contributed by atoms with Crippen LogP contribution >= 0.6 is 0 Å². The Kier molecular flexibility index (Phi) is 10.0. The van der Waals surface area contributed by atoms with Crippen molar-refractivity contribution in [2.75, 3.05) is 0 Å². The van der Waals surface area contributed by atoms with Gasteiger partial charge < -0.3 is 10.2 Å². The molecule has 108 valence electrons. The molecule has 0 amide bonds. The highest BCUT2D eigenvalue weighted by atomic mass is 16.4. The molecule has 0 saturated carbocycles. The maximum atomic E-state index is 10.8. The summed E-state index contributed by atoms with van der Waals surface area (Å²) in [5, 5.41) is 18.8. The molecule has 3 unspecified atom stereocenters. The highest BCUT2D eigenvalue weighted by molar-refractivity contribution is 5.69. The summed E-state index contributed by atoms with van der Waals surface area (Å²) < 4.78 is 0. The largest absolute Gasteiger partial charge is 0.481 e. The Bertz CT molecular complexity index is 216. The minimum atomic E-state index is -0.818. The van der Waals surface area contributed by atoms with Crippen LogP contribution in [0.3, 0.4) is 0 Å². The Morgan fingerprint density at radius 2 is 1.50 bits per heavy atom. The van der Waals surface area contributed by atoms with Gasteiger partial charge in [0, 0.05) is 0 Å². The molecular formula is C15H30O3. The van der Waals surface area contributed by atoms with E-state index in [1.165, 1.54) is 32.1 Å². The molecule has 0 spiro atoms. The van der Waals surface area contributed by atoms with Crippen LogP contribution in [0.15, 0.2) is 0 Å². The van der Waals surface area contributed by atoms with Crippen LogP contribution in [0.2, 0.25) is 0 Å². The number of carboxylic acids is 1. The molecule has 0 fully saturated rings. The average Bonchev–Trinajstić information content (AvgIpc) is 2.35. The van der Waals surface area contributed by atoms with Gasteiger partial charge in [-0.15, -0.1) is 0 Å². The molecule has 0 radical (unpaired) electrons. The molecule has 0 rings (SSSR count). The summed E-state index contributed by atoms with van der Waals surface area (Å²) in [4.78, 5) is 10.8. The van der Waals surface area contributed by atoms with Gasteiger partial charge >= 0.3 is 5.97 Å². The molecule has 0 aliphatic carbocycles. The zero-order valence-corrected chi connectivity index (χ0v) is 12.2. The number of unbranched alkanes of at least 4 members (excludes halogenated alkanes) is 6. The molecule has 3 nitrogen and oxygen atoms in total. The molecule has 0 bridgehead atoms. The molecule has 2 N–H and O–H groups in total. The molecule has 0 aromatic rings. The lowest BCUT2D eigenvalue weighted by Crippen LogP contribution is -2.28. The second-order valence-electron chi connectivity index (χ2n) is 5.46. The van der Waals surface area contributed by atoms with E-state index < -0.39 is 18.0 Å². The molecule has 0 heterocycles. The maximum Gasteiger partial charge on any atom is 0.306 e. The second kappa shape index (κ2) is 10.4. The zero-order valence-electron chi connectivity index (χ0n) is 12.2. The number of aliphatic carboxylic acids is 1. The average molecular weight is 258 g/mol. The van der Waals surface area contributed by atoms with Gasteiger partial charge in [-0.2, -0.15) is 0 Å². The lowest BCUT2D eigenvalue weighted by Gasteiger charge is -2.22. The van der Waals surface area contributed by atoms with Crippen LogP contribution in [-0.2, 0) is 4.79 Å². The first-order valence-corrected chi connectivity index (χ1v) is 7.41. The van der Waals surface area contributed by atoms with Gasteiger partial charge in [0.2, 0.25) is 0 Å². The number of carbonyl (C=O) groups is 1. The highest BCUT2D eigenvalue weighted by Gasteiger charge is 2.25. The Hall–Kier alpha value is -0.570. The Morgan fingerprint density at radius 3 is 2.00 bits per heavy atom. The van der Waals surface area contributed by atoms with E-state index in [-0.39, 0.29) is 5.92 Å². The topological polar surface area (TPSA) is 57.5 Å². The van der Waals surface area contributed by atoms with Crippen LogP contribution in [-0.4, -0.2) is 22.3 Å². The fraction of sp³-hybridized carbons (Fsp3) is 0.933. The predicted molar refractivity (Wildman–Crippen MR) is 74.6 cm³/mol. The first-order valence-electron chi connectivity index (χ1n) is 7.41. The van der Waals surface area contributed by atoms with Crippen molar-refractivity contribution in [2.45, 2.75) is 78.2 Å². The lowest BCUT2D eigenvalue weighted by molar-refractivity contribution is -0.144. The number of hydrogen-bond donors (Lipinski definition) is 2. The smallest absolute Gasteiger partial charge is 0.306 e. The van der Waals surface area contributed by atoms with Gasteiger partial charge in [0.15, 0.2) is 0 Å². The third-order valence-electron chi connectivity index (χ3n) is 3.89. The molecule has 18 heavy (non-hydrogen) atoms. The molecule has 3 atom stereocenters. The molecule has 0 aliphatic heterocycles. The minimum absolute atomic E-state index is 0.164. The minimum Gasteiger partial charge on any atom is -0.481 e. The van der Waals surface area contributed by atoms with Crippen LogP contribution in [0.4, 0.5) is 0 Å². The molecule has 3 heteroatoms. The summed E-state index contributed by atoms with van der Waals surface area (Å²) in [6, 6.07) is 0. The number of aliphatic hydroxyl groups excluding tert-OH is 1. The van der Waals surface area contributed by atoms with Gasteiger partial charge in [-0.3, -0.25) is 4.79 Å². The summed E-state index contributed by atoms with van der Waals surface area (Å²) in [6.07, 6.45) is 8.81. The van der Waals surface area contributed by atoms with Gasteiger partial charge in [0.1, 0.15) is 0 Å². The van der Waals surface area contributed by atoms with Crippen molar-refractivity contribution in [2.24, 2.45) is 11.8 Å². The first-order chi connectivity index (χ1) is 8.50. The predicted octanol–water partition coefficient (Wildman–Crippen LogP) is 3.84. The third-order valence-corrected chi connectivity index (χ3v) is 3.89. The normalized spacial score (nSPS) is 16.2. The van der Waals surface area contributed by atoms with Crippen LogP contribution in [0.25, 0.3) is 0 Å². The Balaban J connectivity index is 3.58. The third kappa shape index (κ3) is 7.70. The van der Waals surface area contributed by atoms with Crippen molar-refractivity contribution in [3.8, 4) is 0 Å². The van der Waals surface area contributed by atoms with E-state index in [4.69, 9.17) is 5.11 Å². The van der Waals surface area contributed by atoms with Crippen molar-refractivity contribution >= 4 is 5.97 Å². The summed E-state index contributed by atoms with van der Waals surface area (Å²) >= 11 is 0. The fourth-order valence-electron chi connectivity index (χ4n) is 2.13. The van der Waals surface area contributed by atoms with E-state index in [9.17, 15) is 9.90 Å². The number of rotatable bonds is 11. The van der Waals surface area contributed by atoms with Crippen molar-refractivity contribution in [3.63, 3.8) is 0 Å². The van der Waals surface area contributed by atoms with Crippen molar-refractivity contribution in [1.82, 2.24) is 0 Å². The van der Waals surface area contributed by atoms with Gasteiger partial charge in [-0.25, -0.2) is 0 Å². The van der Waals surface area contributed by atoms with Crippen LogP contribution in [0.5, 0.6) is 0 Å². The maximum absolute atomic E-state index is 10.8. The van der Waals surface area contributed by atoms with E-state index in [2.05, 4.69) is 6.92 Å². The first kappa shape index (κ1) is 17.4. The SMILES string of the molecule is CCCCCCCCCC(O)C(C)C(C)C(=O)O. The molecular weight excluding hydrogens is 228 g/mol. The Morgan fingerprint density at radius 1 is 1.00 bits per heavy atom. The molecule has 0 aromatic carbocycles. The fourth-order valence-corrected chi connectivity index (χ4v) is 2.13. The summed E-state index contributed by atoms with van der Waals surface area (Å²) in [5.74, 6) is -1.45. The van der Waals surface area contributed by atoms with E-state index >= 15 is 0 Å². The van der Waals surface area contributed by atoms with Crippen LogP contribution < -0.4 is 0 Å². The number of carboxylic acid groups (broad SMARTS) is 1. The highest BCUT2D eigenvalue weighted by Crippen LogP contribution is 2.20. The molecule has 0 aromatic heterocycles. The monoisotopic (exact) mass is 258 g/mol. The van der Waals surface area contributed by atoms with E-state index in [1.54, 1.807) is 6.92 Å². The summed E-state index contributed by atoms with van der Waals surface area (Å²) in [6.45, 7) is 5.70. The van der Waals surface area contributed by atoms with Crippen molar-refractivity contribution in [3.05, 3.63) is 0 Å². The van der Waals surface area contributed by atoms with Gasteiger partial charge in [-0.1, -0.05) is 65.7 Å². The van der Waals surface area contributed by atoms with Crippen LogP contribution in [0, 0.1) is 11.8 Å². The van der Waals surface area contributed by atoms with Crippen LogP contribution in [0.1, 0.15) is 72.1 Å². The lowest BCUT2D eigenvalue weighted by atomic mass is 9.88. The number of aliphatic hydroxyl groups is 1. The Labute approximate surface area is 112 Å².